The fourth-order valence-electron chi connectivity index (χ4n) is 3.52. The number of H-pyrrole nitrogens is 1. The number of amides is 1. The summed E-state index contributed by atoms with van der Waals surface area (Å²) in [6.45, 7) is 4.88. The molecule has 140 valence electrons. The molecule has 0 radical (unpaired) electrons. The first-order valence-corrected chi connectivity index (χ1v) is 8.83. The van der Waals surface area contributed by atoms with Gasteiger partial charge in [0.1, 0.15) is 18.8 Å². The molecule has 0 unspecified atom stereocenters. The fourth-order valence-corrected chi connectivity index (χ4v) is 3.52. The minimum Gasteiger partial charge on any atom is -0.486 e. The highest BCUT2D eigenvalue weighted by atomic mass is 16.6. The van der Waals surface area contributed by atoms with Crippen molar-refractivity contribution in [2.24, 2.45) is 5.41 Å². The number of pyridine rings is 1. The van der Waals surface area contributed by atoms with Crippen LogP contribution >= 0.6 is 0 Å². The zero-order chi connectivity index (χ0) is 19.2. The molecule has 1 aliphatic carbocycles. The summed E-state index contributed by atoms with van der Waals surface area (Å²) in [6.07, 6.45) is 0.975. The van der Waals surface area contributed by atoms with Crippen molar-refractivity contribution in [2.45, 2.75) is 26.7 Å². The molecule has 1 aliphatic heterocycles. The summed E-state index contributed by atoms with van der Waals surface area (Å²) in [6, 6.07) is 6.42. The maximum absolute atomic E-state index is 12.6. The summed E-state index contributed by atoms with van der Waals surface area (Å²) in [7, 11) is 0. The topological polar surface area (TPSA) is 97.5 Å². The van der Waals surface area contributed by atoms with Crippen LogP contribution in [0.2, 0.25) is 0 Å². The fraction of sp³-hybridized carbons (Fsp3) is 0.350. The Morgan fingerprint density at radius 3 is 2.59 bits per heavy atom. The predicted molar refractivity (Wildman–Crippen MR) is 98.9 cm³/mol. The van der Waals surface area contributed by atoms with Crippen LogP contribution in [0.3, 0.4) is 0 Å². The highest BCUT2D eigenvalue weighted by Crippen LogP contribution is 2.34. The zero-order valence-corrected chi connectivity index (χ0v) is 15.2. The molecule has 2 aliphatic rings. The van der Waals surface area contributed by atoms with Crippen LogP contribution in [0.25, 0.3) is 0 Å². The van der Waals surface area contributed by atoms with Gasteiger partial charge in [0.2, 0.25) is 0 Å². The SMILES string of the molecule is CC1(C)CC(=O)c2cc(C(=O)Nc3ccc4c(c3)OCCO4)c(=O)[nH]c2C1. The third-order valence-electron chi connectivity index (χ3n) is 4.76. The van der Waals surface area contributed by atoms with Crippen LogP contribution in [0, 0.1) is 5.41 Å². The Kier molecular flexibility index (Phi) is 4.02. The number of aromatic nitrogens is 1. The van der Waals surface area contributed by atoms with Crippen LogP contribution in [0.4, 0.5) is 5.69 Å². The van der Waals surface area contributed by atoms with E-state index in [4.69, 9.17) is 9.47 Å². The first-order chi connectivity index (χ1) is 12.8. The van der Waals surface area contributed by atoms with Gasteiger partial charge < -0.3 is 19.8 Å². The van der Waals surface area contributed by atoms with E-state index in [0.29, 0.717) is 54.5 Å². The molecule has 0 spiro atoms. The van der Waals surface area contributed by atoms with Crippen molar-refractivity contribution in [3.63, 3.8) is 0 Å². The molecule has 1 aromatic carbocycles. The van der Waals surface area contributed by atoms with Gasteiger partial charge in [-0.1, -0.05) is 13.8 Å². The number of nitrogens with one attached hydrogen (secondary N) is 2. The maximum Gasteiger partial charge on any atom is 0.261 e. The Labute approximate surface area is 155 Å². The summed E-state index contributed by atoms with van der Waals surface area (Å²) >= 11 is 0. The van der Waals surface area contributed by atoms with Gasteiger partial charge in [0.15, 0.2) is 17.3 Å². The van der Waals surface area contributed by atoms with E-state index in [9.17, 15) is 14.4 Å². The zero-order valence-electron chi connectivity index (χ0n) is 15.2. The van der Waals surface area contributed by atoms with Gasteiger partial charge in [0.05, 0.1) is 0 Å². The third kappa shape index (κ3) is 3.32. The number of Topliss-reactive ketones (excluding diaryl/α,β-unsaturated/α-hetero) is 1. The lowest BCUT2D eigenvalue weighted by molar-refractivity contribution is 0.0910. The van der Waals surface area contributed by atoms with Gasteiger partial charge in [0.25, 0.3) is 11.5 Å². The van der Waals surface area contributed by atoms with E-state index < -0.39 is 11.5 Å². The van der Waals surface area contributed by atoms with Crippen LogP contribution in [0.15, 0.2) is 29.1 Å². The summed E-state index contributed by atoms with van der Waals surface area (Å²) in [5.41, 5.74) is 0.695. The number of ether oxygens (including phenoxy) is 2. The van der Waals surface area contributed by atoms with Gasteiger partial charge >= 0.3 is 0 Å². The number of anilines is 1. The molecule has 0 fully saturated rings. The Hall–Kier alpha value is -3.09. The molecule has 2 aromatic rings. The second-order valence-corrected chi connectivity index (χ2v) is 7.66. The highest BCUT2D eigenvalue weighted by molar-refractivity contribution is 6.06. The Balaban J connectivity index is 1.62. The monoisotopic (exact) mass is 368 g/mol. The molecule has 1 aromatic heterocycles. The van der Waals surface area contributed by atoms with Crippen molar-refractivity contribution in [3.8, 4) is 11.5 Å². The smallest absolute Gasteiger partial charge is 0.261 e. The molecule has 1 amide bonds. The third-order valence-corrected chi connectivity index (χ3v) is 4.76. The van der Waals surface area contributed by atoms with Crippen molar-refractivity contribution in [1.29, 1.82) is 0 Å². The van der Waals surface area contributed by atoms with Gasteiger partial charge in [0, 0.05) is 29.4 Å². The maximum atomic E-state index is 12.6. The molecule has 2 N–H and O–H groups in total. The van der Waals surface area contributed by atoms with E-state index in [0.717, 1.165) is 0 Å². The summed E-state index contributed by atoms with van der Waals surface area (Å²) in [5, 5.41) is 2.68. The predicted octanol–water partition coefficient (Wildman–Crippen LogP) is 2.55. The average Bonchev–Trinajstić information content (AvgIpc) is 2.60. The second-order valence-electron chi connectivity index (χ2n) is 7.66. The summed E-state index contributed by atoms with van der Waals surface area (Å²) in [4.78, 5) is 40.1. The standard InChI is InChI=1S/C20H20N2O5/c1-20(2)9-14-12(15(23)10-20)8-13(19(25)22-14)18(24)21-11-3-4-16-17(7-11)27-6-5-26-16/h3-4,7-8H,5-6,9-10H2,1-2H3,(H,21,24)(H,22,25). The van der Waals surface area contributed by atoms with Gasteiger partial charge in [-0.25, -0.2) is 0 Å². The average molecular weight is 368 g/mol. The number of benzene rings is 1. The van der Waals surface area contributed by atoms with Crippen molar-refractivity contribution < 1.29 is 19.1 Å². The Morgan fingerprint density at radius 2 is 1.81 bits per heavy atom. The van der Waals surface area contributed by atoms with Gasteiger partial charge in [-0.05, 0) is 30.0 Å². The molecule has 2 heterocycles. The Bertz CT molecular complexity index is 1010. The minimum absolute atomic E-state index is 0.0640. The van der Waals surface area contributed by atoms with Crippen molar-refractivity contribution >= 4 is 17.4 Å². The molecule has 4 rings (SSSR count). The largest absolute Gasteiger partial charge is 0.486 e. The number of carbonyl (C=O) groups is 2. The molecule has 27 heavy (non-hydrogen) atoms. The normalized spacial score (nSPS) is 17.2. The van der Waals surface area contributed by atoms with Crippen LogP contribution in [0.5, 0.6) is 11.5 Å². The molecular formula is C20H20N2O5. The quantitative estimate of drug-likeness (QED) is 0.849. The number of fused-ring (bicyclic) bond motifs is 2. The minimum atomic E-state index is -0.576. The lowest BCUT2D eigenvalue weighted by Crippen LogP contribution is -2.32. The number of rotatable bonds is 2. The molecule has 7 heteroatoms. The number of hydrogen-bond donors (Lipinski definition) is 2. The first kappa shape index (κ1) is 17.3. The number of ketones is 1. The van der Waals surface area contributed by atoms with Crippen LogP contribution in [-0.4, -0.2) is 29.9 Å². The molecular weight excluding hydrogens is 348 g/mol. The number of aromatic amines is 1. The van der Waals surface area contributed by atoms with E-state index in [1.54, 1.807) is 18.2 Å². The van der Waals surface area contributed by atoms with E-state index in [-0.39, 0.29) is 16.8 Å². The molecule has 0 saturated heterocycles. The van der Waals surface area contributed by atoms with Crippen LogP contribution in [-0.2, 0) is 6.42 Å². The van der Waals surface area contributed by atoms with Crippen LogP contribution < -0.4 is 20.3 Å². The summed E-state index contributed by atoms with van der Waals surface area (Å²) < 4.78 is 10.9. The van der Waals surface area contributed by atoms with E-state index >= 15 is 0 Å². The van der Waals surface area contributed by atoms with E-state index in [2.05, 4.69) is 10.3 Å². The highest BCUT2D eigenvalue weighted by Gasteiger charge is 2.32. The molecule has 0 saturated carbocycles. The van der Waals surface area contributed by atoms with E-state index in [1.807, 2.05) is 13.8 Å². The second kappa shape index (κ2) is 6.26. The molecule has 0 atom stereocenters. The Morgan fingerprint density at radius 1 is 1.07 bits per heavy atom. The van der Waals surface area contributed by atoms with Crippen molar-refractivity contribution in [3.05, 3.63) is 51.4 Å². The number of hydrogen-bond acceptors (Lipinski definition) is 5. The summed E-state index contributed by atoms with van der Waals surface area (Å²) in [5.74, 6) is 0.508. The lowest BCUT2D eigenvalue weighted by atomic mass is 9.75. The molecule has 7 nitrogen and oxygen atoms in total. The van der Waals surface area contributed by atoms with Crippen LogP contribution in [0.1, 0.15) is 46.7 Å². The van der Waals surface area contributed by atoms with Crippen molar-refractivity contribution in [1.82, 2.24) is 4.98 Å². The van der Waals surface area contributed by atoms with Gasteiger partial charge in [-0.2, -0.15) is 0 Å². The molecule has 0 bridgehead atoms. The van der Waals surface area contributed by atoms with Gasteiger partial charge in [-0.3, -0.25) is 14.4 Å². The van der Waals surface area contributed by atoms with E-state index in [1.165, 1.54) is 6.07 Å². The first-order valence-electron chi connectivity index (χ1n) is 8.83. The van der Waals surface area contributed by atoms with Crippen molar-refractivity contribution in [2.75, 3.05) is 18.5 Å². The van der Waals surface area contributed by atoms with Gasteiger partial charge in [-0.15, -0.1) is 0 Å². The lowest BCUT2D eigenvalue weighted by Gasteiger charge is -2.29. The number of carbonyl (C=O) groups excluding carboxylic acids is 2.